The second-order valence-corrected chi connectivity index (χ2v) is 7.75. The van der Waals surface area contributed by atoms with Crippen molar-refractivity contribution in [1.29, 1.82) is 0 Å². The SMILES string of the molecule is Cc1cccc(N=c2scc(-c3ccc(Cl)cc3)n2/N=C\c2cccc(F)c2)c1. The number of aromatic nitrogens is 1. The number of rotatable bonds is 4. The first kappa shape index (κ1) is 19.3. The molecule has 0 saturated carbocycles. The third-order valence-electron chi connectivity index (χ3n) is 4.22. The van der Waals surface area contributed by atoms with E-state index in [1.54, 1.807) is 23.0 Å². The van der Waals surface area contributed by atoms with Crippen molar-refractivity contribution in [2.24, 2.45) is 10.1 Å². The molecule has 0 unspecified atom stereocenters. The van der Waals surface area contributed by atoms with Crippen LogP contribution in [0.2, 0.25) is 5.02 Å². The van der Waals surface area contributed by atoms with E-state index >= 15 is 0 Å². The van der Waals surface area contributed by atoms with Crippen LogP contribution in [0.5, 0.6) is 0 Å². The molecule has 1 heterocycles. The van der Waals surface area contributed by atoms with Crippen molar-refractivity contribution in [3.05, 3.63) is 105 Å². The van der Waals surface area contributed by atoms with Crippen LogP contribution in [0.3, 0.4) is 0 Å². The van der Waals surface area contributed by atoms with E-state index in [-0.39, 0.29) is 5.82 Å². The van der Waals surface area contributed by atoms with Gasteiger partial charge in [0.25, 0.3) is 0 Å². The van der Waals surface area contributed by atoms with Gasteiger partial charge in [-0.3, -0.25) is 0 Å². The normalized spacial score (nSPS) is 12.0. The molecule has 0 atom stereocenters. The molecule has 0 N–H and O–H groups in total. The Morgan fingerprint density at radius 1 is 1.00 bits per heavy atom. The van der Waals surface area contributed by atoms with Gasteiger partial charge in [0.15, 0.2) is 0 Å². The topological polar surface area (TPSA) is 29.6 Å². The summed E-state index contributed by atoms with van der Waals surface area (Å²) in [5.41, 5.74) is 4.51. The lowest BCUT2D eigenvalue weighted by Crippen LogP contribution is -2.11. The molecule has 0 fully saturated rings. The van der Waals surface area contributed by atoms with Gasteiger partial charge in [-0.2, -0.15) is 5.10 Å². The molecule has 4 aromatic rings. The molecule has 29 heavy (non-hydrogen) atoms. The molecule has 4 rings (SSSR count). The zero-order valence-electron chi connectivity index (χ0n) is 15.6. The Labute approximate surface area is 177 Å². The number of hydrogen-bond acceptors (Lipinski definition) is 3. The minimum atomic E-state index is -0.299. The van der Waals surface area contributed by atoms with Crippen LogP contribution in [0.1, 0.15) is 11.1 Å². The van der Waals surface area contributed by atoms with Crippen LogP contribution >= 0.6 is 22.9 Å². The lowest BCUT2D eigenvalue weighted by Gasteiger charge is -2.04. The Bertz CT molecular complexity index is 1240. The van der Waals surface area contributed by atoms with Crippen LogP contribution in [0, 0.1) is 12.7 Å². The highest BCUT2D eigenvalue weighted by atomic mass is 35.5. The first-order valence-electron chi connectivity index (χ1n) is 8.96. The third kappa shape index (κ3) is 4.70. The molecule has 0 aliphatic heterocycles. The number of halogens is 2. The molecule has 1 aromatic heterocycles. The minimum Gasteiger partial charge on any atom is -0.220 e. The van der Waals surface area contributed by atoms with Crippen LogP contribution in [-0.2, 0) is 0 Å². The summed E-state index contributed by atoms with van der Waals surface area (Å²) in [6, 6.07) is 21.8. The summed E-state index contributed by atoms with van der Waals surface area (Å²) in [6.45, 7) is 2.03. The molecule has 144 valence electrons. The summed E-state index contributed by atoms with van der Waals surface area (Å²) in [4.78, 5) is 5.48. The van der Waals surface area contributed by atoms with Gasteiger partial charge < -0.3 is 0 Å². The summed E-state index contributed by atoms with van der Waals surface area (Å²) in [7, 11) is 0. The quantitative estimate of drug-likeness (QED) is 0.340. The molecule has 3 aromatic carbocycles. The lowest BCUT2D eigenvalue weighted by atomic mass is 10.2. The zero-order valence-corrected chi connectivity index (χ0v) is 17.2. The Hall–Kier alpha value is -3.02. The highest BCUT2D eigenvalue weighted by Gasteiger charge is 2.08. The standard InChI is InChI=1S/C23H17ClFN3S/c1-16-4-2-7-21(12-16)27-23-28(26-14-17-5-3-6-20(25)13-17)22(15-29-23)18-8-10-19(24)11-9-18/h2-15H,1H3/b26-14-,27-23?. The molecule has 0 radical (unpaired) electrons. The van der Waals surface area contributed by atoms with Crippen molar-refractivity contribution < 1.29 is 4.39 Å². The molecule has 6 heteroatoms. The van der Waals surface area contributed by atoms with E-state index in [0.29, 0.717) is 15.4 Å². The van der Waals surface area contributed by atoms with Crippen molar-refractivity contribution >= 4 is 34.8 Å². The Morgan fingerprint density at radius 2 is 1.79 bits per heavy atom. The highest BCUT2D eigenvalue weighted by Crippen LogP contribution is 2.23. The second-order valence-electron chi connectivity index (χ2n) is 6.47. The van der Waals surface area contributed by atoms with Crippen molar-refractivity contribution in [3.8, 4) is 11.3 Å². The molecule has 0 aliphatic carbocycles. The Morgan fingerprint density at radius 3 is 2.55 bits per heavy atom. The average molecular weight is 422 g/mol. The second kappa shape index (κ2) is 8.55. The highest BCUT2D eigenvalue weighted by molar-refractivity contribution is 7.07. The predicted molar refractivity (Wildman–Crippen MR) is 119 cm³/mol. The average Bonchev–Trinajstić information content (AvgIpc) is 3.09. The number of thiazole rings is 1. The Kier molecular flexibility index (Phi) is 5.69. The molecule has 0 spiro atoms. The molecule has 0 bridgehead atoms. The van der Waals surface area contributed by atoms with Crippen molar-refractivity contribution in [2.45, 2.75) is 6.92 Å². The zero-order chi connectivity index (χ0) is 20.2. The number of hydrogen-bond donors (Lipinski definition) is 0. The number of benzene rings is 3. The van der Waals surface area contributed by atoms with Gasteiger partial charge in [0, 0.05) is 16.0 Å². The van der Waals surface area contributed by atoms with Crippen LogP contribution in [0.4, 0.5) is 10.1 Å². The molecular formula is C23H17ClFN3S. The fourth-order valence-electron chi connectivity index (χ4n) is 2.83. The summed E-state index contributed by atoms with van der Waals surface area (Å²) in [6.07, 6.45) is 1.63. The van der Waals surface area contributed by atoms with Crippen LogP contribution in [-0.4, -0.2) is 10.9 Å². The van der Waals surface area contributed by atoms with Gasteiger partial charge >= 0.3 is 0 Å². The van der Waals surface area contributed by atoms with Crippen LogP contribution in [0.25, 0.3) is 11.3 Å². The van der Waals surface area contributed by atoms with Crippen LogP contribution in [0.15, 0.2) is 88.3 Å². The molecule has 0 amide bonds. The summed E-state index contributed by atoms with van der Waals surface area (Å²) in [5, 5.41) is 7.27. The smallest absolute Gasteiger partial charge is 0.211 e. The molecular weight excluding hydrogens is 405 g/mol. The van der Waals surface area contributed by atoms with E-state index in [1.807, 2.05) is 60.8 Å². The van der Waals surface area contributed by atoms with Crippen molar-refractivity contribution in [2.75, 3.05) is 0 Å². The van der Waals surface area contributed by atoms with Gasteiger partial charge in [-0.05, 0) is 54.4 Å². The minimum absolute atomic E-state index is 0.299. The maximum absolute atomic E-state index is 13.5. The lowest BCUT2D eigenvalue weighted by molar-refractivity contribution is 0.627. The van der Waals surface area contributed by atoms with Crippen molar-refractivity contribution in [3.63, 3.8) is 0 Å². The predicted octanol–water partition coefficient (Wildman–Crippen LogP) is 6.43. The van der Waals surface area contributed by atoms with Gasteiger partial charge in [-0.25, -0.2) is 14.1 Å². The monoisotopic (exact) mass is 421 g/mol. The maximum Gasteiger partial charge on any atom is 0.211 e. The van der Waals surface area contributed by atoms with Gasteiger partial charge in [0.05, 0.1) is 17.6 Å². The van der Waals surface area contributed by atoms with Gasteiger partial charge in [0.1, 0.15) is 5.82 Å². The first-order valence-corrected chi connectivity index (χ1v) is 10.2. The fraction of sp³-hybridized carbons (Fsp3) is 0.0435. The summed E-state index contributed by atoms with van der Waals surface area (Å²) >= 11 is 7.52. The number of aryl methyl sites for hydroxylation is 1. The van der Waals surface area contributed by atoms with E-state index in [0.717, 1.165) is 22.5 Å². The van der Waals surface area contributed by atoms with E-state index < -0.39 is 0 Å². The molecule has 0 aliphatic rings. The largest absolute Gasteiger partial charge is 0.220 e. The first-order chi connectivity index (χ1) is 14.1. The van der Waals surface area contributed by atoms with Crippen LogP contribution < -0.4 is 4.80 Å². The molecule has 0 saturated heterocycles. The van der Waals surface area contributed by atoms with E-state index in [1.165, 1.54) is 23.5 Å². The maximum atomic E-state index is 13.5. The summed E-state index contributed by atoms with van der Waals surface area (Å²) < 4.78 is 15.3. The molecule has 3 nitrogen and oxygen atoms in total. The number of nitrogens with zero attached hydrogens (tertiary/aromatic N) is 3. The Balaban J connectivity index is 1.84. The van der Waals surface area contributed by atoms with Crippen molar-refractivity contribution in [1.82, 2.24) is 4.68 Å². The van der Waals surface area contributed by atoms with Gasteiger partial charge in [-0.15, -0.1) is 11.3 Å². The van der Waals surface area contributed by atoms with E-state index in [2.05, 4.69) is 5.10 Å². The van der Waals surface area contributed by atoms with Gasteiger partial charge in [-0.1, -0.05) is 48.0 Å². The third-order valence-corrected chi connectivity index (χ3v) is 5.29. The fourth-order valence-corrected chi connectivity index (χ4v) is 3.81. The van der Waals surface area contributed by atoms with Gasteiger partial charge in [0.2, 0.25) is 4.80 Å². The van der Waals surface area contributed by atoms with E-state index in [9.17, 15) is 4.39 Å². The summed E-state index contributed by atoms with van der Waals surface area (Å²) in [5.74, 6) is -0.299. The van der Waals surface area contributed by atoms with E-state index in [4.69, 9.17) is 16.6 Å².